The number of para-hydroxylation sites is 1. The Morgan fingerprint density at radius 2 is 1.74 bits per heavy atom. The van der Waals surface area contributed by atoms with Gasteiger partial charge in [0.1, 0.15) is 5.52 Å². The van der Waals surface area contributed by atoms with Gasteiger partial charge in [0.15, 0.2) is 18.6 Å². The highest BCUT2D eigenvalue weighted by atomic mass is 32.2. The second-order valence-electron chi connectivity index (χ2n) is 7.23. The first-order chi connectivity index (χ1) is 16.2. The van der Waals surface area contributed by atoms with Crippen LogP contribution in [0.25, 0.3) is 11.1 Å². The Balaban J connectivity index is 1.36. The molecule has 174 valence electrons. The smallest absolute Gasteiger partial charge is 0.340 e. The van der Waals surface area contributed by atoms with Crippen molar-refractivity contribution in [2.45, 2.75) is 18.7 Å². The number of amides is 1. The van der Waals surface area contributed by atoms with Gasteiger partial charge in [0.2, 0.25) is 5.95 Å². The van der Waals surface area contributed by atoms with Crippen LogP contribution in [0.4, 0.5) is 11.6 Å². The molecule has 0 spiro atoms. The number of ether oxygens (including phenoxy) is 1. The Kier molecular flexibility index (Phi) is 6.23. The van der Waals surface area contributed by atoms with E-state index in [9.17, 15) is 18.0 Å². The van der Waals surface area contributed by atoms with E-state index >= 15 is 0 Å². The van der Waals surface area contributed by atoms with Crippen molar-refractivity contribution < 1.29 is 27.2 Å². The summed E-state index contributed by atoms with van der Waals surface area (Å²) < 4.78 is 37.7. The van der Waals surface area contributed by atoms with Gasteiger partial charge in [-0.25, -0.2) is 32.9 Å². The number of benzene rings is 2. The first-order valence-electron chi connectivity index (χ1n) is 9.95. The van der Waals surface area contributed by atoms with Gasteiger partial charge in [-0.3, -0.25) is 4.79 Å². The predicted molar refractivity (Wildman–Crippen MR) is 122 cm³/mol. The van der Waals surface area contributed by atoms with Crippen molar-refractivity contribution in [3.05, 3.63) is 71.9 Å². The molecular formula is C22H19N5O6S. The van der Waals surface area contributed by atoms with E-state index in [2.05, 4.69) is 25.0 Å². The van der Waals surface area contributed by atoms with Crippen LogP contribution in [-0.2, 0) is 19.6 Å². The lowest BCUT2D eigenvalue weighted by Crippen LogP contribution is -2.21. The summed E-state index contributed by atoms with van der Waals surface area (Å²) in [4.78, 5) is 36.5. The summed E-state index contributed by atoms with van der Waals surface area (Å²) >= 11 is 0. The minimum Gasteiger partial charge on any atom is -0.452 e. The lowest BCUT2D eigenvalue weighted by Gasteiger charge is -2.10. The number of esters is 1. The SMILES string of the molecule is Cc1cc(C)nc(NS(=O)(=O)c2ccc(NC(=O)COC(=O)c3cccc4ocnc34)cc2)n1. The van der Waals surface area contributed by atoms with E-state index in [4.69, 9.17) is 9.15 Å². The summed E-state index contributed by atoms with van der Waals surface area (Å²) in [5, 5.41) is 2.53. The molecule has 4 aromatic rings. The summed E-state index contributed by atoms with van der Waals surface area (Å²) in [5.41, 5.74) is 2.51. The van der Waals surface area contributed by atoms with Crippen molar-refractivity contribution in [3.63, 3.8) is 0 Å². The molecule has 2 aromatic heterocycles. The molecule has 0 aliphatic heterocycles. The monoisotopic (exact) mass is 481 g/mol. The van der Waals surface area contributed by atoms with Gasteiger partial charge in [-0.1, -0.05) is 6.07 Å². The van der Waals surface area contributed by atoms with Gasteiger partial charge >= 0.3 is 5.97 Å². The fourth-order valence-electron chi connectivity index (χ4n) is 3.13. The lowest BCUT2D eigenvalue weighted by atomic mass is 10.2. The molecule has 12 heteroatoms. The quantitative estimate of drug-likeness (QED) is 0.379. The number of carbonyl (C=O) groups is 2. The Morgan fingerprint density at radius 3 is 2.44 bits per heavy atom. The Morgan fingerprint density at radius 1 is 1.03 bits per heavy atom. The number of hydrogen-bond acceptors (Lipinski definition) is 9. The first kappa shape index (κ1) is 22.9. The van der Waals surface area contributed by atoms with Crippen LogP contribution in [0.1, 0.15) is 21.7 Å². The van der Waals surface area contributed by atoms with Crippen LogP contribution < -0.4 is 10.0 Å². The third kappa shape index (κ3) is 5.18. The van der Waals surface area contributed by atoms with E-state index in [1.807, 2.05) is 0 Å². The van der Waals surface area contributed by atoms with Gasteiger partial charge in [-0.2, -0.15) is 0 Å². The van der Waals surface area contributed by atoms with Gasteiger partial charge in [0.25, 0.3) is 15.9 Å². The Bertz CT molecular complexity index is 1460. The molecule has 11 nitrogen and oxygen atoms in total. The molecule has 2 N–H and O–H groups in total. The van der Waals surface area contributed by atoms with Crippen LogP contribution in [0, 0.1) is 13.8 Å². The van der Waals surface area contributed by atoms with Gasteiger partial charge in [0.05, 0.1) is 10.5 Å². The number of nitrogens with zero attached hydrogens (tertiary/aromatic N) is 3. The average Bonchev–Trinajstić information content (AvgIpc) is 3.26. The van der Waals surface area contributed by atoms with E-state index < -0.39 is 28.5 Å². The standard InChI is InChI=1S/C22H19N5O6S/c1-13-10-14(2)25-22(24-13)27-34(30,31)16-8-6-15(7-9-16)26-19(28)11-32-21(29)17-4-3-5-18-20(17)23-12-33-18/h3-10,12H,11H2,1-2H3,(H,26,28)(H,24,25,27). The zero-order valence-electron chi connectivity index (χ0n) is 18.1. The number of aryl methyl sites for hydroxylation is 2. The second-order valence-corrected chi connectivity index (χ2v) is 8.92. The molecular weight excluding hydrogens is 462 g/mol. The molecule has 4 rings (SSSR count). The van der Waals surface area contributed by atoms with Crippen LogP contribution in [0.2, 0.25) is 0 Å². The number of nitrogens with one attached hydrogen (secondary N) is 2. The summed E-state index contributed by atoms with van der Waals surface area (Å²) in [6.45, 7) is 2.92. The van der Waals surface area contributed by atoms with Crippen molar-refractivity contribution in [2.75, 3.05) is 16.6 Å². The van der Waals surface area contributed by atoms with Gasteiger partial charge in [-0.15, -0.1) is 0 Å². The molecule has 0 radical (unpaired) electrons. The first-order valence-corrected chi connectivity index (χ1v) is 11.4. The summed E-state index contributed by atoms with van der Waals surface area (Å²) in [5.74, 6) is -1.35. The largest absolute Gasteiger partial charge is 0.452 e. The lowest BCUT2D eigenvalue weighted by molar-refractivity contribution is -0.119. The molecule has 34 heavy (non-hydrogen) atoms. The highest BCUT2D eigenvalue weighted by Crippen LogP contribution is 2.19. The van der Waals surface area contributed by atoms with Crippen molar-refractivity contribution in [1.82, 2.24) is 15.0 Å². The maximum absolute atomic E-state index is 12.6. The zero-order valence-corrected chi connectivity index (χ0v) is 18.9. The molecule has 0 bridgehead atoms. The number of rotatable bonds is 7. The summed E-state index contributed by atoms with van der Waals surface area (Å²) in [6, 6.07) is 12.0. The fraction of sp³-hybridized carbons (Fsp3) is 0.136. The number of anilines is 2. The maximum Gasteiger partial charge on any atom is 0.340 e. The molecule has 2 heterocycles. The number of hydrogen-bond donors (Lipinski definition) is 2. The minimum absolute atomic E-state index is 0.0296. The van der Waals surface area contributed by atoms with E-state index in [1.54, 1.807) is 32.0 Å². The fourth-order valence-corrected chi connectivity index (χ4v) is 4.07. The molecule has 0 saturated carbocycles. The molecule has 0 aliphatic rings. The molecule has 2 aromatic carbocycles. The van der Waals surface area contributed by atoms with Crippen molar-refractivity contribution in [2.24, 2.45) is 0 Å². The van der Waals surface area contributed by atoms with Crippen LogP contribution >= 0.6 is 0 Å². The normalized spacial score (nSPS) is 11.2. The van der Waals surface area contributed by atoms with E-state index in [-0.39, 0.29) is 16.4 Å². The Hall–Kier alpha value is -4.32. The van der Waals surface area contributed by atoms with Crippen LogP contribution in [0.15, 0.2) is 64.2 Å². The second kappa shape index (κ2) is 9.27. The topological polar surface area (TPSA) is 153 Å². The van der Waals surface area contributed by atoms with Crippen molar-refractivity contribution >= 4 is 44.6 Å². The molecule has 0 unspecified atom stereocenters. The number of oxazole rings is 1. The number of carbonyl (C=O) groups excluding carboxylic acids is 2. The van der Waals surface area contributed by atoms with Crippen LogP contribution in [0.5, 0.6) is 0 Å². The summed E-state index contributed by atoms with van der Waals surface area (Å²) in [7, 11) is -3.93. The van der Waals surface area contributed by atoms with Gasteiger partial charge in [-0.05, 0) is 56.3 Å². The highest BCUT2D eigenvalue weighted by molar-refractivity contribution is 7.92. The molecule has 1 amide bonds. The third-order valence-electron chi connectivity index (χ3n) is 4.57. The van der Waals surface area contributed by atoms with Gasteiger partial charge < -0.3 is 14.5 Å². The van der Waals surface area contributed by atoms with E-state index in [1.165, 1.54) is 36.7 Å². The molecule has 0 atom stereocenters. The van der Waals surface area contributed by atoms with Crippen LogP contribution in [0.3, 0.4) is 0 Å². The van der Waals surface area contributed by atoms with Crippen molar-refractivity contribution in [3.8, 4) is 0 Å². The number of aromatic nitrogens is 3. The molecule has 0 fully saturated rings. The number of sulfonamides is 1. The predicted octanol–water partition coefficient (Wildman–Crippen LogP) is 2.83. The van der Waals surface area contributed by atoms with E-state index in [0.29, 0.717) is 28.2 Å². The number of fused-ring (bicyclic) bond motifs is 1. The molecule has 0 saturated heterocycles. The Labute approximate surface area is 194 Å². The summed E-state index contributed by atoms with van der Waals surface area (Å²) in [6.07, 6.45) is 1.21. The third-order valence-corrected chi connectivity index (χ3v) is 5.92. The minimum atomic E-state index is -3.93. The zero-order chi connectivity index (χ0) is 24.3. The van der Waals surface area contributed by atoms with Crippen LogP contribution in [-0.4, -0.2) is 41.9 Å². The van der Waals surface area contributed by atoms with Crippen molar-refractivity contribution in [1.29, 1.82) is 0 Å². The van der Waals surface area contributed by atoms with E-state index in [0.717, 1.165) is 0 Å². The van der Waals surface area contributed by atoms with Gasteiger partial charge in [0, 0.05) is 17.1 Å². The molecule has 0 aliphatic carbocycles. The average molecular weight is 481 g/mol. The highest BCUT2D eigenvalue weighted by Gasteiger charge is 2.18. The maximum atomic E-state index is 12.6.